The summed E-state index contributed by atoms with van der Waals surface area (Å²) in [6.07, 6.45) is 4.70. The van der Waals surface area contributed by atoms with Crippen molar-refractivity contribution in [1.82, 2.24) is 20.5 Å². The first-order valence-electron chi connectivity index (χ1n) is 8.71. The Balaban J connectivity index is 1.33. The number of aromatic amines is 1. The van der Waals surface area contributed by atoms with Crippen LogP contribution in [0, 0.1) is 5.92 Å². The Morgan fingerprint density at radius 3 is 2.72 bits per heavy atom. The molecule has 2 fully saturated rings. The molecule has 0 saturated heterocycles. The number of aromatic nitrogens is 3. The van der Waals surface area contributed by atoms with Crippen molar-refractivity contribution in [3.05, 3.63) is 35.7 Å². The Kier molecular flexibility index (Phi) is 4.65. The first-order valence-corrected chi connectivity index (χ1v) is 9.70. The summed E-state index contributed by atoms with van der Waals surface area (Å²) in [4.78, 5) is 16.8. The predicted octanol–water partition coefficient (Wildman–Crippen LogP) is 3.05. The number of carbonyl (C=O) groups excluding carboxylic acids is 1. The minimum absolute atomic E-state index is 0.0236. The monoisotopic (exact) mass is 358 g/mol. The Labute approximate surface area is 151 Å². The SMILES string of the molecule is COc1ccc(C(NC(=O)CSc2n[nH]c(C3CC3)n2)C2CC2)cc1. The zero-order valence-corrected chi connectivity index (χ0v) is 15.0. The molecule has 132 valence electrons. The molecule has 7 heteroatoms. The second kappa shape index (κ2) is 7.07. The maximum absolute atomic E-state index is 12.4. The first-order chi connectivity index (χ1) is 12.2. The molecule has 2 aliphatic carbocycles. The van der Waals surface area contributed by atoms with Crippen molar-refractivity contribution < 1.29 is 9.53 Å². The summed E-state index contributed by atoms with van der Waals surface area (Å²) in [7, 11) is 1.66. The average Bonchev–Trinajstić information content (AvgIpc) is 3.57. The quantitative estimate of drug-likeness (QED) is 0.709. The van der Waals surface area contributed by atoms with Gasteiger partial charge in [0, 0.05) is 5.92 Å². The van der Waals surface area contributed by atoms with E-state index in [9.17, 15) is 4.79 Å². The van der Waals surface area contributed by atoms with E-state index in [0.29, 0.717) is 22.7 Å². The van der Waals surface area contributed by atoms with Crippen LogP contribution in [0.25, 0.3) is 0 Å². The molecule has 6 nitrogen and oxygen atoms in total. The van der Waals surface area contributed by atoms with Crippen LogP contribution in [0.3, 0.4) is 0 Å². The van der Waals surface area contributed by atoms with E-state index in [1.54, 1.807) is 7.11 Å². The van der Waals surface area contributed by atoms with E-state index < -0.39 is 0 Å². The Morgan fingerprint density at radius 2 is 2.08 bits per heavy atom. The smallest absolute Gasteiger partial charge is 0.230 e. The van der Waals surface area contributed by atoms with Crippen molar-refractivity contribution in [3.63, 3.8) is 0 Å². The number of thioether (sulfide) groups is 1. The molecule has 1 atom stereocenters. The predicted molar refractivity (Wildman–Crippen MR) is 95.7 cm³/mol. The number of hydrogen-bond acceptors (Lipinski definition) is 5. The molecule has 0 radical (unpaired) electrons. The van der Waals surface area contributed by atoms with Gasteiger partial charge in [-0.05, 0) is 49.3 Å². The van der Waals surface area contributed by atoms with Crippen molar-refractivity contribution in [2.45, 2.75) is 42.8 Å². The molecule has 1 amide bonds. The summed E-state index contributed by atoms with van der Waals surface area (Å²) in [6.45, 7) is 0. The lowest BCUT2D eigenvalue weighted by atomic mass is 10.0. The van der Waals surface area contributed by atoms with E-state index in [1.807, 2.05) is 24.3 Å². The summed E-state index contributed by atoms with van der Waals surface area (Å²) in [5, 5.41) is 11.0. The van der Waals surface area contributed by atoms with Crippen molar-refractivity contribution >= 4 is 17.7 Å². The first kappa shape index (κ1) is 16.4. The minimum Gasteiger partial charge on any atom is -0.497 e. The molecule has 0 aliphatic heterocycles. The van der Waals surface area contributed by atoms with Crippen LogP contribution in [0.15, 0.2) is 29.4 Å². The zero-order valence-electron chi connectivity index (χ0n) is 14.2. The Morgan fingerprint density at radius 1 is 1.32 bits per heavy atom. The molecular weight excluding hydrogens is 336 g/mol. The standard InChI is InChI=1S/C18H22N4O2S/c1-24-14-8-6-12(7-9-14)16(11-2-3-11)19-15(23)10-25-18-20-17(21-22-18)13-4-5-13/h6-9,11,13,16H,2-5,10H2,1H3,(H,19,23)(H,20,21,22). The molecule has 2 N–H and O–H groups in total. The highest BCUT2D eigenvalue weighted by atomic mass is 32.2. The van der Waals surface area contributed by atoms with E-state index in [1.165, 1.54) is 24.6 Å². The zero-order chi connectivity index (χ0) is 17.2. The normalized spacial score (nSPS) is 18.0. The minimum atomic E-state index is 0.0236. The van der Waals surface area contributed by atoms with Crippen LogP contribution in [0.5, 0.6) is 5.75 Å². The van der Waals surface area contributed by atoms with Crippen LogP contribution >= 0.6 is 11.8 Å². The van der Waals surface area contributed by atoms with Gasteiger partial charge in [-0.25, -0.2) is 4.98 Å². The van der Waals surface area contributed by atoms with Crippen LogP contribution in [-0.2, 0) is 4.79 Å². The Hall–Kier alpha value is -2.02. The molecule has 4 rings (SSSR count). The average molecular weight is 358 g/mol. The number of carbonyl (C=O) groups is 1. The van der Waals surface area contributed by atoms with Crippen molar-refractivity contribution in [2.24, 2.45) is 5.92 Å². The molecule has 1 aromatic carbocycles. The third kappa shape index (κ3) is 4.15. The van der Waals surface area contributed by atoms with Crippen LogP contribution in [-0.4, -0.2) is 34.0 Å². The van der Waals surface area contributed by atoms with E-state index in [0.717, 1.165) is 30.0 Å². The van der Waals surface area contributed by atoms with Gasteiger partial charge < -0.3 is 10.1 Å². The fourth-order valence-corrected chi connectivity index (χ4v) is 3.54. The summed E-state index contributed by atoms with van der Waals surface area (Å²) >= 11 is 1.38. The molecule has 2 aromatic rings. The number of H-pyrrole nitrogens is 1. The number of amides is 1. The molecular formula is C18H22N4O2S. The van der Waals surface area contributed by atoms with Gasteiger partial charge in [0.1, 0.15) is 11.6 Å². The highest BCUT2D eigenvalue weighted by Gasteiger charge is 2.33. The van der Waals surface area contributed by atoms with Gasteiger partial charge in [0.05, 0.1) is 18.9 Å². The van der Waals surface area contributed by atoms with Gasteiger partial charge in [-0.3, -0.25) is 9.89 Å². The van der Waals surface area contributed by atoms with Crippen molar-refractivity contribution in [1.29, 1.82) is 0 Å². The summed E-state index contributed by atoms with van der Waals surface area (Å²) in [5.74, 6) is 3.22. The highest BCUT2D eigenvalue weighted by Crippen LogP contribution is 2.41. The Bertz CT molecular complexity index is 738. The van der Waals surface area contributed by atoms with Gasteiger partial charge in [0.2, 0.25) is 11.1 Å². The number of methoxy groups -OCH3 is 1. The number of hydrogen-bond donors (Lipinski definition) is 2. The van der Waals surface area contributed by atoms with E-state index in [-0.39, 0.29) is 11.9 Å². The van der Waals surface area contributed by atoms with Crippen LogP contribution in [0.4, 0.5) is 0 Å². The van der Waals surface area contributed by atoms with Crippen molar-refractivity contribution in [3.8, 4) is 5.75 Å². The third-order valence-corrected chi connectivity index (χ3v) is 5.51. The van der Waals surface area contributed by atoms with Gasteiger partial charge in [-0.15, -0.1) is 5.10 Å². The highest BCUT2D eigenvalue weighted by molar-refractivity contribution is 7.99. The van der Waals surface area contributed by atoms with Crippen LogP contribution in [0.1, 0.15) is 49.0 Å². The lowest BCUT2D eigenvalue weighted by Crippen LogP contribution is -2.31. The number of rotatable bonds is 8. The van der Waals surface area contributed by atoms with Crippen LogP contribution in [0.2, 0.25) is 0 Å². The molecule has 1 heterocycles. The molecule has 1 aromatic heterocycles. The molecule has 2 saturated carbocycles. The van der Waals surface area contributed by atoms with Gasteiger partial charge >= 0.3 is 0 Å². The molecule has 0 bridgehead atoms. The van der Waals surface area contributed by atoms with Crippen molar-refractivity contribution in [2.75, 3.05) is 12.9 Å². The lowest BCUT2D eigenvalue weighted by molar-refractivity contribution is -0.119. The molecule has 25 heavy (non-hydrogen) atoms. The van der Waals surface area contributed by atoms with Gasteiger partial charge in [-0.1, -0.05) is 23.9 Å². The van der Waals surface area contributed by atoms with Gasteiger partial charge in [-0.2, -0.15) is 0 Å². The van der Waals surface area contributed by atoms with E-state index in [4.69, 9.17) is 4.74 Å². The number of nitrogens with one attached hydrogen (secondary N) is 2. The summed E-state index contributed by atoms with van der Waals surface area (Å²) < 4.78 is 5.21. The topological polar surface area (TPSA) is 79.9 Å². The van der Waals surface area contributed by atoms with E-state index >= 15 is 0 Å². The number of nitrogens with zero attached hydrogens (tertiary/aromatic N) is 2. The maximum atomic E-state index is 12.4. The second-order valence-corrected chi connectivity index (χ2v) is 7.66. The van der Waals surface area contributed by atoms with Gasteiger partial charge in [0.25, 0.3) is 0 Å². The fourth-order valence-electron chi connectivity index (χ4n) is 2.92. The maximum Gasteiger partial charge on any atom is 0.230 e. The summed E-state index contributed by atoms with van der Waals surface area (Å²) in [6, 6.07) is 8.03. The van der Waals surface area contributed by atoms with E-state index in [2.05, 4.69) is 20.5 Å². The van der Waals surface area contributed by atoms with Crippen LogP contribution < -0.4 is 10.1 Å². The lowest BCUT2D eigenvalue weighted by Gasteiger charge is -2.19. The number of ether oxygens (including phenoxy) is 1. The van der Waals surface area contributed by atoms with Gasteiger partial charge in [0.15, 0.2) is 0 Å². The largest absolute Gasteiger partial charge is 0.497 e. The molecule has 0 spiro atoms. The molecule has 1 unspecified atom stereocenters. The fraction of sp³-hybridized carbons (Fsp3) is 0.500. The number of benzene rings is 1. The molecule has 2 aliphatic rings. The third-order valence-electron chi connectivity index (χ3n) is 4.66. The summed E-state index contributed by atoms with van der Waals surface area (Å²) in [5.41, 5.74) is 1.13. The second-order valence-electron chi connectivity index (χ2n) is 6.72.